The first kappa shape index (κ1) is 14.8. The molecule has 22 heavy (non-hydrogen) atoms. The predicted molar refractivity (Wildman–Crippen MR) is 85.7 cm³/mol. The third-order valence-electron chi connectivity index (χ3n) is 3.29. The van der Waals surface area contributed by atoms with E-state index in [0.717, 1.165) is 0 Å². The van der Waals surface area contributed by atoms with Crippen LogP contribution in [0.15, 0.2) is 59.6 Å². The van der Waals surface area contributed by atoms with Crippen molar-refractivity contribution in [2.75, 3.05) is 0 Å². The summed E-state index contributed by atoms with van der Waals surface area (Å²) in [5.74, 6) is -0.668. The third kappa shape index (κ3) is 2.65. The Morgan fingerprint density at radius 2 is 1.55 bits per heavy atom. The average molecular weight is 334 g/mol. The van der Waals surface area contributed by atoms with Crippen molar-refractivity contribution in [1.29, 1.82) is 0 Å². The molecule has 0 unspecified atom stereocenters. The summed E-state index contributed by atoms with van der Waals surface area (Å²) in [7, 11) is -3.71. The van der Waals surface area contributed by atoms with Crippen LogP contribution in [0, 0.1) is 0 Å². The van der Waals surface area contributed by atoms with E-state index in [1.165, 1.54) is 0 Å². The van der Waals surface area contributed by atoms with Gasteiger partial charge in [-0.2, -0.15) is 4.98 Å². The minimum atomic E-state index is -3.71. The highest BCUT2D eigenvalue weighted by Gasteiger charge is 2.23. The molecule has 1 N–H and O–H groups in total. The second-order valence-corrected chi connectivity index (χ2v) is 7.13. The molecule has 3 aromatic rings. The molecule has 0 aliphatic carbocycles. The summed E-state index contributed by atoms with van der Waals surface area (Å²) in [4.78, 5) is 3.80. The molecule has 0 saturated carbocycles. The Kier molecular flexibility index (Phi) is 3.76. The molecule has 3 rings (SSSR count). The lowest BCUT2D eigenvalue weighted by Gasteiger charge is -2.10. The minimum Gasteiger partial charge on any atom is -0.492 e. The summed E-state index contributed by atoms with van der Waals surface area (Å²) in [5.41, 5.74) is 0.655. The average Bonchev–Trinajstić information content (AvgIpc) is 2.51. The van der Waals surface area contributed by atoms with Crippen molar-refractivity contribution in [3.05, 3.63) is 65.2 Å². The van der Waals surface area contributed by atoms with E-state index in [1.807, 2.05) is 6.07 Å². The quantitative estimate of drug-likeness (QED) is 0.795. The van der Waals surface area contributed by atoms with Gasteiger partial charge in [0.25, 0.3) is 0 Å². The molecule has 0 saturated heterocycles. The van der Waals surface area contributed by atoms with Gasteiger partial charge in [0, 0.05) is 10.8 Å². The van der Waals surface area contributed by atoms with Crippen LogP contribution in [0.25, 0.3) is 10.8 Å². The summed E-state index contributed by atoms with van der Waals surface area (Å²) in [6, 6.07) is 15.5. The SMILES string of the molecule is O=S(=O)(Cc1ccccc1)c1nc(O)c(Cl)c2ccccc12. The highest BCUT2D eigenvalue weighted by molar-refractivity contribution is 7.90. The Morgan fingerprint density at radius 3 is 2.23 bits per heavy atom. The number of hydrogen-bond acceptors (Lipinski definition) is 4. The number of fused-ring (bicyclic) bond motifs is 1. The lowest BCUT2D eigenvalue weighted by Crippen LogP contribution is -2.08. The van der Waals surface area contributed by atoms with Crippen molar-refractivity contribution in [2.24, 2.45) is 0 Å². The van der Waals surface area contributed by atoms with Crippen molar-refractivity contribution < 1.29 is 13.5 Å². The van der Waals surface area contributed by atoms with Gasteiger partial charge in [-0.1, -0.05) is 66.2 Å². The van der Waals surface area contributed by atoms with Gasteiger partial charge in [-0.3, -0.25) is 0 Å². The first-order chi connectivity index (χ1) is 10.5. The molecule has 0 atom stereocenters. The molecule has 1 aromatic heterocycles. The van der Waals surface area contributed by atoms with E-state index in [2.05, 4.69) is 4.98 Å². The zero-order chi connectivity index (χ0) is 15.7. The zero-order valence-corrected chi connectivity index (χ0v) is 13.0. The van der Waals surface area contributed by atoms with E-state index in [1.54, 1.807) is 48.5 Å². The highest BCUT2D eigenvalue weighted by atomic mass is 35.5. The van der Waals surface area contributed by atoms with E-state index in [0.29, 0.717) is 16.3 Å². The number of pyridine rings is 1. The van der Waals surface area contributed by atoms with Gasteiger partial charge in [-0.25, -0.2) is 8.42 Å². The van der Waals surface area contributed by atoms with E-state index >= 15 is 0 Å². The van der Waals surface area contributed by atoms with E-state index in [-0.39, 0.29) is 15.8 Å². The van der Waals surface area contributed by atoms with Crippen LogP contribution in [-0.2, 0) is 15.6 Å². The molecule has 6 heteroatoms. The number of benzene rings is 2. The van der Waals surface area contributed by atoms with Crippen LogP contribution in [-0.4, -0.2) is 18.5 Å². The standard InChI is InChI=1S/C16H12ClNO3S/c17-14-12-8-4-5-9-13(12)16(18-15(14)19)22(20,21)10-11-6-2-1-3-7-11/h1-9H,10H2,(H,18,19). The van der Waals surface area contributed by atoms with Crippen molar-refractivity contribution in [1.82, 2.24) is 4.98 Å². The maximum Gasteiger partial charge on any atom is 0.232 e. The first-order valence-corrected chi connectivity index (χ1v) is 8.56. The molecule has 1 heterocycles. The molecular weight excluding hydrogens is 322 g/mol. The zero-order valence-electron chi connectivity index (χ0n) is 11.4. The fraction of sp³-hybridized carbons (Fsp3) is 0.0625. The number of aromatic nitrogens is 1. The van der Waals surface area contributed by atoms with Crippen LogP contribution in [0.1, 0.15) is 5.56 Å². The third-order valence-corrected chi connectivity index (χ3v) is 5.28. The van der Waals surface area contributed by atoms with Crippen LogP contribution in [0.3, 0.4) is 0 Å². The fourth-order valence-electron chi connectivity index (χ4n) is 2.29. The van der Waals surface area contributed by atoms with Crippen molar-refractivity contribution in [3.63, 3.8) is 0 Å². The summed E-state index contributed by atoms with van der Waals surface area (Å²) in [5, 5.41) is 10.6. The van der Waals surface area contributed by atoms with Crippen LogP contribution in [0.4, 0.5) is 0 Å². The molecule has 0 aliphatic rings. The molecule has 0 aliphatic heterocycles. The van der Waals surface area contributed by atoms with Gasteiger partial charge in [0.2, 0.25) is 15.7 Å². The molecule has 112 valence electrons. The normalized spacial score (nSPS) is 11.7. The van der Waals surface area contributed by atoms with Gasteiger partial charge in [0.1, 0.15) is 5.02 Å². The van der Waals surface area contributed by atoms with Crippen LogP contribution < -0.4 is 0 Å². The summed E-state index contributed by atoms with van der Waals surface area (Å²) in [6.07, 6.45) is 0. The van der Waals surface area contributed by atoms with Crippen LogP contribution in [0.5, 0.6) is 5.88 Å². The second-order valence-electron chi connectivity index (χ2n) is 4.84. The number of hydrogen-bond donors (Lipinski definition) is 1. The lowest BCUT2D eigenvalue weighted by atomic mass is 10.2. The predicted octanol–water partition coefficient (Wildman–Crippen LogP) is 3.57. The number of rotatable bonds is 3. The first-order valence-electron chi connectivity index (χ1n) is 6.53. The lowest BCUT2D eigenvalue weighted by molar-refractivity contribution is 0.449. The maximum atomic E-state index is 12.7. The fourth-order valence-corrected chi connectivity index (χ4v) is 4.00. The van der Waals surface area contributed by atoms with Crippen molar-refractivity contribution >= 4 is 32.2 Å². The molecule has 0 radical (unpaired) electrons. The Bertz CT molecular complexity index is 940. The van der Waals surface area contributed by atoms with Crippen LogP contribution in [0.2, 0.25) is 5.02 Å². The Balaban J connectivity index is 2.19. The molecule has 2 aromatic carbocycles. The summed E-state index contributed by atoms with van der Waals surface area (Å²) >= 11 is 6.00. The topological polar surface area (TPSA) is 67.3 Å². The summed E-state index contributed by atoms with van der Waals surface area (Å²) < 4.78 is 25.3. The minimum absolute atomic E-state index is 0.0502. The Morgan fingerprint density at radius 1 is 0.955 bits per heavy atom. The van der Waals surface area contributed by atoms with E-state index in [4.69, 9.17) is 11.6 Å². The molecule has 4 nitrogen and oxygen atoms in total. The van der Waals surface area contributed by atoms with Gasteiger partial charge in [0.05, 0.1) is 5.75 Å². The van der Waals surface area contributed by atoms with Gasteiger partial charge in [-0.05, 0) is 5.56 Å². The molecule has 0 spiro atoms. The summed E-state index contributed by atoms with van der Waals surface area (Å²) in [6.45, 7) is 0. The van der Waals surface area contributed by atoms with E-state index in [9.17, 15) is 13.5 Å². The molecule has 0 amide bonds. The highest BCUT2D eigenvalue weighted by Crippen LogP contribution is 2.34. The van der Waals surface area contributed by atoms with Crippen molar-refractivity contribution in [2.45, 2.75) is 10.8 Å². The van der Waals surface area contributed by atoms with Crippen molar-refractivity contribution in [3.8, 4) is 5.88 Å². The van der Waals surface area contributed by atoms with Gasteiger partial charge in [-0.15, -0.1) is 0 Å². The number of nitrogens with zero attached hydrogens (tertiary/aromatic N) is 1. The van der Waals surface area contributed by atoms with Crippen LogP contribution >= 0.6 is 11.6 Å². The molecule has 0 fully saturated rings. The smallest absolute Gasteiger partial charge is 0.232 e. The second kappa shape index (κ2) is 5.59. The largest absolute Gasteiger partial charge is 0.492 e. The Labute approximate surface area is 132 Å². The van der Waals surface area contributed by atoms with Gasteiger partial charge >= 0.3 is 0 Å². The Hall–Kier alpha value is -2.11. The van der Waals surface area contributed by atoms with E-state index < -0.39 is 15.7 Å². The number of aromatic hydroxyl groups is 1. The van der Waals surface area contributed by atoms with Gasteiger partial charge < -0.3 is 5.11 Å². The maximum absolute atomic E-state index is 12.7. The molecule has 0 bridgehead atoms. The monoisotopic (exact) mass is 333 g/mol. The molecular formula is C16H12ClNO3S. The number of halogens is 1. The van der Waals surface area contributed by atoms with Gasteiger partial charge in [0.15, 0.2) is 5.03 Å². The number of sulfone groups is 1.